The predicted molar refractivity (Wildman–Crippen MR) is 123 cm³/mol. The van der Waals surface area contributed by atoms with E-state index < -0.39 is 5.60 Å². The highest BCUT2D eigenvalue weighted by molar-refractivity contribution is 5.77. The summed E-state index contributed by atoms with van der Waals surface area (Å²) < 4.78 is 5.88. The molecule has 2 heterocycles. The molecular weight excluding hydrogens is 388 g/mol. The highest BCUT2D eigenvalue weighted by atomic mass is 16.3. The molecule has 0 bridgehead atoms. The first-order valence-electron chi connectivity index (χ1n) is 12.1. The van der Waals surface area contributed by atoms with Crippen LogP contribution in [-0.4, -0.2) is 40.6 Å². The van der Waals surface area contributed by atoms with E-state index in [1.165, 1.54) is 56.2 Å². The molecule has 5 nitrogen and oxygen atoms in total. The summed E-state index contributed by atoms with van der Waals surface area (Å²) >= 11 is 0. The Hall–Kier alpha value is -1.85. The van der Waals surface area contributed by atoms with Gasteiger partial charge < -0.3 is 14.8 Å². The van der Waals surface area contributed by atoms with Crippen molar-refractivity contribution in [1.82, 2.24) is 10.2 Å². The van der Waals surface area contributed by atoms with Crippen molar-refractivity contribution in [3.05, 3.63) is 36.1 Å². The topological polar surface area (TPSA) is 65.7 Å². The van der Waals surface area contributed by atoms with Crippen molar-refractivity contribution in [2.45, 2.75) is 89.3 Å². The lowest BCUT2D eigenvalue weighted by atomic mass is 9.83. The number of hydrogen-bond donors (Lipinski definition) is 2. The number of nitrogens with one attached hydrogen (secondary N) is 1. The second kappa shape index (κ2) is 9.74. The highest BCUT2D eigenvalue weighted by Gasteiger charge is 2.28. The molecule has 1 saturated carbocycles. The van der Waals surface area contributed by atoms with Gasteiger partial charge in [-0.15, -0.1) is 0 Å². The van der Waals surface area contributed by atoms with Crippen LogP contribution in [0.25, 0.3) is 11.3 Å². The standard InChI is InChI=1S/C26H38N2O3/c1-26(2,30)17-25(29)27-22-11-9-19(10-12-22)13-15-28-14-4-3-7-23(28)21-16-20-6-5-8-24(20)31-18-21/h5-6,8,16,18-19,22-23,30H,3-4,7,9-15,17H2,1-2H3,(H,27,29)/t19-,22-,23?. The number of carbonyl (C=O) groups excluding carboxylic acids is 1. The summed E-state index contributed by atoms with van der Waals surface area (Å²) in [6.45, 7) is 5.68. The molecule has 4 rings (SSSR count). The first kappa shape index (κ1) is 22.3. The number of rotatable bonds is 7. The van der Waals surface area contributed by atoms with E-state index in [1.54, 1.807) is 13.8 Å². The Morgan fingerprint density at radius 3 is 2.77 bits per heavy atom. The first-order chi connectivity index (χ1) is 14.9. The van der Waals surface area contributed by atoms with Crippen LogP contribution in [0.4, 0.5) is 0 Å². The zero-order valence-electron chi connectivity index (χ0n) is 19.1. The highest BCUT2D eigenvalue weighted by Crippen LogP contribution is 2.36. The SMILES string of the molecule is CC(C)(O)CC(=O)N[C@H]1CC[C@H](CCN2CCCCC2c2coc3cccc-3c2)CC1. The maximum Gasteiger partial charge on any atom is 0.223 e. The number of nitrogens with zero attached hydrogens (tertiary/aromatic N) is 1. The van der Waals surface area contributed by atoms with Crippen LogP contribution in [0, 0.1) is 5.92 Å². The zero-order chi connectivity index (χ0) is 21.8. The minimum absolute atomic E-state index is 0.0284. The van der Waals surface area contributed by atoms with Crippen LogP contribution >= 0.6 is 0 Å². The van der Waals surface area contributed by atoms with Crippen molar-refractivity contribution in [2.75, 3.05) is 13.1 Å². The Labute approximate surface area is 186 Å². The van der Waals surface area contributed by atoms with Gasteiger partial charge in [-0.05, 0) is 89.9 Å². The van der Waals surface area contributed by atoms with Crippen LogP contribution in [0.3, 0.4) is 0 Å². The molecule has 4 aliphatic rings. The molecule has 0 aromatic rings. The largest absolute Gasteiger partial charge is 0.464 e. The molecule has 1 saturated heterocycles. The van der Waals surface area contributed by atoms with Gasteiger partial charge in [-0.25, -0.2) is 0 Å². The lowest BCUT2D eigenvalue weighted by Gasteiger charge is -2.37. The van der Waals surface area contributed by atoms with Crippen molar-refractivity contribution in [3.8, 4) is 11.3 Å². The Morgan fingerprint density at radius 2 is 2.00 bits per heavy atom. The Balaban J connectivity index is 1.26. The van der Waals surface area contributed by atoms with E-state index in [0.717, 1.165) is 31.1 Å². The van der Waals surface area contributed by atoms with Crippen LogP contribution in [-0.2, 0) is 4.79 Å². The van der Waals surface area contributed by atoms with Crippen LogP contribution in [0.5, 0.6) is 0 Å². The predicted octanol–water partition coefficient (Wildman–Crippen LogP) is 5.14. The molecule has 2 aliphatic heterocycles. The van der Waals surface area contributed by atoms with Gasteiger partial charge in [0.05, 0.1) is 18.3 Å². The molecule has 0 spiro atoms. The fraction of sp³-hybridized carbons (Fsp3) is 0.654. The monoisotopic (exact) mass is 426 g/mol. The van der Waals surface area contributed by atoms with E-state index in [9.17, 15) is 9.90 Å². The summed E-state index contributed by atoms with van der Waals surface area (Å²) in [7, 11) is 0. The molecule has 1 unspecified atom stereocenters. The third-order valence-corrected chi connectivity index (χ3v) is 7.08. The van der Waals surface area contributed by atoms with E-state index >= 15 is 0 Å². The fourth-order valence-corrected chi connectivity index (χ4v) is 5.42. The molecule has 1 atom stereocenters. The van der Waals surface area contributed by atoms with Gasteiger partial charge in [-0.2, -0.15) is 0 Å². The Morgan fingerprint density at radius 1 is 1.19 bits per heavy atom. The van der Waals surface area contributed by atoms with Crippen LogP contribution in [0.1, 0.15) is 83.2 Å². The smallest absolute Gasteiger partial charge is 0.223 e. The van der Waals surface area contributed by atoms with Crippen LogP contribution in [0.15, 0.2) is 34.9 Å². The summed E-state index contributed by atoms with van der Waals surface area (Å²) in [5, 5.41) is 12.9. The third-order valence-electron chi connectivity index (χ3n) is 7.08. The van der Waals surface area contributed by atoms with Gasteiger partial charge in [0.1, 0.15) is 5.76 Å². The number of piperidine rings is 1. The lowest BCUT2D eigenvalue weighted by molar-refractivity contribution is -0.125. The minimum Gasteiger partial charge on any atom is -0.464 e. The number of amides is 1. The van der Waals surface area contributed by atoms with Crippen molar-refractivity contribution in [3.63, 3.8) is 0 Å². The van der Waals surface area contributed by atoms with Crippen molar-refractivity contribution in [2.24, 2.45) is 5.92 Å². The average molecular weight is 427 g/mol. The molecule has 31 heavy (non-hydrogen) atoms. The van der Waals surface area contributed by atoms with Crippen molar-refractivity contribution >= 4 is 5.91 Å². The minimum atomic E-state index is -0.938. The van der Waals surface area contributed by atoms with Crippen molar-refractivity contribution < 1.29 is 14.3 Å². The first-order valence-corrected chi connectivity index (χ1v) is 12.1. The molecule has 2 aliphatic carbocycles. The maximum absolute atomic E-state index is 12.1. The number of carbonyl (C=O) groups is 1. The third kappa shape index (κ3) is 6.11. The van der Waals surface area contributed by atoms with Gasteiger partial charge in [-0.1, -0.05) is 18.6 Å². The summed E-state index contributed by atoms with van der Waals surface area (Å²) in [6, 6.07) is 9.26. The quantitative estimate of drug-likeness (QED) is 0.644. The summed E-state index contributed by atoms with van der Waals surface area (Å²) in [5.74, 6) is 1.68. The van der Waals surface area contributed by atoms with Gasteiger partial charge in [0.15, 0.2) is 0 Å². The number of hydrogen-bond acceptors (Lipinski definition) is 4. The number of likely N-dealkylation sites (tertiary alicyclic amines) is 1. The molecule has 0 aromatic carbocycles. The maximum atomic E-state index is 12.1. The van der Waals surface area contributed by atoms with Gasteiger partial charge in [-0.3, -0.25) is 9.69 Å². The van der Waals surface area contributed by atoms with Gasteiger partial charge in [0, 0.05) is 23.2 Å². The van der Waals surface area contributed by atoms with Crippen LogP contribution in [0.2, 0.25) is 0 Å². The average Bonchev–Trinajstić information content (AvgIpc) is 3.20. The molecule has 170 valence electrons. The molecule has 0 aromatic heterocycles. The molecule has 2 fully saturated rings. The second-order valence-corrected chi connectivity index (χ2v) is 10.3. The van der Waals surface area contributed by atoms with E-state index in [2.05, 4.69) is 28.4 Å². The second-order valence-electron chi connectivity index (χ2n) is 10.3. The molecular formula is C26H38N2O3. The molecule has 1 amide bonds. The fourth-order valence-electron chi connectivity index (χ4n) is 5.42. The van der Waals surface area contributed by atoms with Gasteiger partial charge in [0.2, 0.25) is 5.91 Å². The normalized spacial score (nSPS) is 25.6. The van der Waals surface area contributed by atoms with E-state index in [1.807, 2.05) is 12.3 Å². The summed E-state index contributed by atoms with van der Waals surface area (Å²) in [6.07, 6.45) is 11.6. The number of fused-ring (bicyclic) bond motifs is 1. The zero-order valence-corrected chi connectivity index (χ0v) is 19.1. The van der Waals surface area contributed by atoms with E-state index in [-0.39, 0.29) is 18.4 Å². The van der Waals surface area contributed by atoms with E-state index in [4.69, 9.17) is 4.42 Å². The van der Waals surface area contributed by atoms with Gasteiger partial charge >= 0.3 is 0 Å². The lowest BCUT2D eigenvalue weighted by Crippen LogP contribution is -2.41. The van der Waals surface area contributed by atoms with E-state index in [0.29, 0.717) is 6.04 Å². The summed E-state index contributed by atoms with van der Waals surface area (Å²) in [5.41, 5.74) is 1.58. The molecule has 0 radical (unpaired) electrons. The van der Waals surface area contributed by atoms with Crippen molar-refractivity contribution in [1.29, 1.82) is 0 Å². The summed E-state index contributed by atoms with van der Waals surface area (Å²) in [4.78, 5) is 14.8. The number of aliphatic hydroxyl groups is 1. The molecule has 5 heteroatoms. The molecule has 2 N–H and O–H groups in total. The Kier molecular flexibility index (Phi) is 7.02. The van der Waals surface area contributed by atoms with Crippen LogP contribution < -0.4 is 5.32 Å². The Bertz CT molecular complexity index is 816. The van der Waals surface area contributed by atoms with Gasteiger partial charge in [0.25, 0.3) is 0 Å².